The third-order valence-corrected chi connectivity index (χ3v) is 7.79. The standard InChI is InChI=1S/C27H27N5O6S/c1-19-25(27(35)32(30(19)2)21-12-6-4-7-13-21)31(39(36,37)22-14-8-5-9-15-22)18-24(33)29-28-17-20-11-10-16-23(38-3)26(20)34/h4-17,34H,18H2,1-3H3,(H,29,33). The topological polar surface area (TPSA) is 135 Å². The Morgan fingerprint density at radius 1 is 1.05 bits per heavy atom. The number of amides is 1. The number of aromatic hydroxyl groups is 1. The molecule has 202 valence electrons. The lowest BCUT2D eigenvalue weighted by Gasteiger charge is -2.22. The average molecular weight is 550 g/mol. The predicted octanol–water partition coefficient (Wildman–Crippen LogP) is 2.54. The van der Waals surface area contributed by atoms with Crippen molar-refractivity contribution < 1.29 is 23.1 Å². The van der Waals surface area contributed by atoms with Gasteiger partial charge >= 0.3 is 0 Å². The van der Waals surface area contributed by atoms with Crippen LogP contribution in [0.25, 0.3) is 5.69 Å². The van der Waals surface area contributed by atoms with Crippen LogP contribution in [0.5, 0.6) is 11.5 Å². The van der Waals surface area contributed by atoms with Crippen LogP contribution in [0.1, 0.15) is 11.3 Å². The van der Waals surface area contributed by atoms with Crippen LogP contribution in [-0.4, -0.2) is 48.7 Å². The fourth-order valence-corrected chi connectivity index (χ4v) is 5.49. The van der Waals surface area contributed by atoms with Gasteiger partial charge in [0.1, 0.15) is 12.2 Å². The van der Waals surface area contributed by atoms with Crippen molar-refractivity contribution >= 4 is 27.8 Å². The molecule has 3 aromatic carbocycles. The summed E-state index contributed by atoms with van der Waals surface area (Å²) in [6, 6.07) is 21.0. The first-order valence-electron chi connectivity index (χ1n) is 11.8. The third-order valence-electron chi connectivity index (χ3n) is 6.03. The number of phenols is 1. The molecule has 0 bridgehead atoms. The summed E-state index contributed by atoms with van der Waals surface area (Å²) >= 11 is 0. The minimum absolute atomic E-state index is 0.0866. The van der Waals surface area contributed by atoms with Crippen molar-refractivity contribution in [2.24, 2.45) is 12.1 Å². The molecule has 1 amide bonds. The van der Waals surface area contributed by atoms with Gasteiger partial charge in [-0.2, -0.15) is 5.10 Å². The van der Waals surface area contributed by atoms with Gasteiger partial charge in [-0.3, -0.25) is 14.3 Å². The Bertz CT molecular complexity index is 1680. The van der Waals surface area contributed by atoms with Gasteiger partial charge in [0.05, 0.1) is 29.6 Å². The molecule has 1 heterocycles. The molecule has 39 heavy (non-hydrogen) atoms. The van der Waals surface area contributed by atoms with Gasteiger partial charge in [-0.05, 0) is 43.3 Å². The van der Waals surface area contributed by atoms with Crippen LogP contribution in [0.2, 0.25) is 0 Å². The number of phenolic OH excluding ortho intramolecular Hbond substituents is 1. The third kappa shape index (κ3) is 5.41. The smallest absolute Gasteiger partial charge is 0.296 e. The molecule has 11 nitrogen and oxygen atoms in total. The summed E-state index contributed by atoms with van der Waals surface area (Å²) in [5.74, 6) is -0.755. The Kier molecular flexibility index (Phi) is 7.86. The molecule has 1 aromatic heterocycles. The zero-order valence-corrected chi connectivity index (χ0v) is 22.3. The van der Waals surface area contributed by atoms with Crippen LogP contribution in [0.4, 0.5) is 5.69 Å². The number of hydrogen-bond acceptors (Lipinski definition) is 7. The summed E-state index contributed by atoms with van der Waals surface area (Å²) in [6.45, 7) is 0.874. The second-order valence-corrected chi connectivity index (χ2v) is 10.3. The molecular formula is C27H27N5O6S. The lowest BCUT2D eigenvalue weighted by molar-refractivity contribution is -0.119. The number of sulfonamides is 1. The number of benzene rings is 3. The van der Waals surface area contributed by atoms with Gasteiger partial charge < -0.3 is 9.84 Å². The summed E-state index contributed by atoms with van der Waals surface area (Å²) in [6.07, 6.45) is 1.20. The summed E-state index contributed by atoms with van der Waals surface area (Å²) in [7, 11) is -1.31. The van der Waals surface area contributed by atoms with Gasteiger partial charge in [-0.1, -0.05) is 42.5 Å². The van der Waals surface area contributed by atoms with E-state index in [1.54, 1.807) is 80.7 Å². The fourth-order valence-electron chi connectivity index (χ4n) is 3.99. The number of hydrogen-bond donors (Lipinski definition) is 2. The summed E-state index contributed by atoms with van der Waals surface area (Å²) in [4.78, 5) is 26.5. The molecule has 0 unspecified atom stereocenters. The highest BCUT2D eigenvalue weighted by molar-refractivity contribution is 7.92. The van der Waals surface area contributed by atoms with Crippen molar-refractivity contribution in [2.75, 3.05) is 18.0 Å². The van der Waals surface area contributed by atoms with E-state index in [1.807, 2.05) is 0 Å². The first-order chi connectivity index (χ1) is 18.7. The van der Waals surface area contributed by atoms with Crippen LogP contribution in [0, 0.1) is 6.92 Å². The highest BCUT2D eigenvalue weighted by Crippen LogP contribution is 2.28. The SMILES string of the molecule is COc1cccc(C=NNC(=O)CN(c2c(C)n(C)n(-c3ccccc3)c2=O)S(=O)(=O)c2ccccc2)c1O. The molecule has 12 heteroatoms. The molecule has 0 aliphatic rings. The molecule has 0 aliphatic carbocycles. The molecule has 2 N–H and O–H groups in total. The number of methoxy groups -OCH3 is 1. The molecular weight excluding hydrogens is 522 g/mol. The van der Waals surface area contributed by atoms with E-state index in [1.165, 1.54) is 34.8 Å². The van der Waals surface area contributed by atoms with E-state index in [-0.39, 0.29) is 27.6 Å². The highest BCUT2D eigenvalue weighted by Gasteiger charge is 2.33. The average Bonchev–Trinajstić information content (AvgIpc) is 3.16. The van der Waals surface area contributed by atoms with E-state index in [0.717, 1.165) is 4.31 Å². The summed E-state index contributed by atoms with van der Waals surface area (Å²) in [5.41, 5.74) is 2.62. The second-order valence-electron chi connectivity index (χ2n) is 8.43. The zero-order chi connectivity index (χ0) is 28.2. The van der Waals surface area contributed by atoms with E-state index in [4.69, 9.17) is 4.74 Å². The van der Waals surface area contributed by atoms with Crippen LogP contribution in [0.15, 0.2) is 93.7 Å². The maximum atomic E-state index is 13.7. The summed E-state index contributed by atoms with van der Waals surface area (Å²) in [5, 5.41) is 14.1. The molecule has 0 fully saturated rings. The lowest BCUT2D eigenvalue weighted by Crippen LogP contribution is -2.42. The number of anilines is 1. The fraction of sp³-hybridized carbons (Fsp3) is 0.148. The Morgan fingerprint density at radius 3 is 2.33 bits per heavy atom. The molecule has 0 saturated carbocycles. The number of ether oxygens (including phenoxy) is 1. The molecule has 4 rings (SSSR count). The van der Waals surface area contributed by atoms with Crippen molar-refractivity contribution in [1.82, 2.24) is 14.8 Å². The van der Waals surface area contributed by atoms with Gasteiger partial charge in [-0.15, -0.1) is 0 Å². The van der Waals surface area contributed by atoms with Gasteiger partial charge in [0, 0.05) is 12.6 Å². The molecule has 0 aliphatic heterocycles. The largest absolute Gasteiger partial charge is 0.504 e. The molecule has 0 radical (unpaired) electrons. The van der Waals surface area contributed by atoms with Gasteiger partial charge in [-0.25, -0.2) is 22.8 Å². The van der Waals surface area contributed by atoms with Crippen LogP contribution < -0.4 is 20.0 Å². The second kappa shape index (κ2) is 11.3. The Hall–Kier alpha value is -4.84. The normalized spacial score (nSPS) is 11.5. The number of nitrogens with one attached hydrogen (secondary N) is 1. The van der Waals surface area contributed by atoms with Gasteiger partial charge in [0.15, 0.2) is 11.5 Å². The van der Waals surface area contributed by atoms with E-state index in [9.17, 15) is 23.1 Å². The Labute approximate surface area is 225 Å². The van der Waals surface area contributed by atoms with Crippen molar-refractivity contribution in [2.45, 2.75) is 11.8 Å². The van der Waals surface area contributed by atoms with Crippen molar-refractivity contribution in [3.63, 3.8) is 0 Å². The minimum Gasteiger partial charge on any atom is -0.504 e. The van der Waals surface area contributed by atoms with Crippen molar-refractivity contribution in [1.29, 1.82) is 0 Å². The van der Waals surface area contributed by atoms with Crippen LogP contribution in [-0.2, 0) is 21.9 Å². The minimum atomic E-state index is -4.34. The molecule has 0 spiro atoms. The van der Waals surface area contributed by atoms with E-state index in [2.05, 4.69) is 10.5 Å². The lowest BCUT2D eigenvalue weighted by atomic mass is 10.2. The van der Waals surface area contributed by atoms with Crippen molar-refractivity contribution in [3.05, 3.63) is 100 Å². The number of carbonyl (C=O) groups is 1. The molecule has 4 aromatic rings. The maximum Gasteiger partial charge on any atom is 0.296 e. The Balaban J connectivity index is 1.72. The quantitative estimate of drug-likeness (QED) is 0.243. The first kappa shape index (κ1) is 27.2. The van der Waals surface area contributed by atoms with E-state index >= 15 is 0 Å². The number of aromatic nitrogens is 2. The van der Waals surface area contributed by atoms with Crippen LogP contribution in [0.3, 0.4) is 0 Å². The van der Waals surface area contributed by atoms with E-state index < -0.39 is 28.0 Å². The molecule has 0 saturated heterocycles. The van der Waals surface area contributed by atoms with Crippen molar-refractivity contribution in [3.8, 4) is 17.2 Å². The van der Waals surface area contributed by atoms with Crippen LogP contribution >= 0.6 is 0 Å². The van der Waals surface area contributed by atoms with Gasteiger partial charge in [0.25, 0.3) is 21.5 Å². The first-order valence-corrected chi connectivity index (χ1v) is 13.2. The monoisotopic (exact) mass is 549 g/mol. The number of para-hydroxylation sites is 2. The number of carbonyl (C=O) groups excluding carboxylic acids is 1. The molecule has 0 atom stereocenters. The number of hydrazone groups is 1. The highest BCUT2D eigenvalue weighted by atomic mass is 32.2. The van der Waals surface area contributed by atoms with E-state index in [0.29, 0.717) is 11.4 Å². The zero-order valence-electron chi connectivity index (χ0n) is 21.5. The summed E-state index contributed by atoms with van der Waals surface area (Å²) < 4.78 is 36.2. The predicted molar refractivity (Wildman–Crippen MR) is 147 cm³/mol. The van der Waals surface area contributed by atoms with Gasteiger partial charge in [0.2, 0.25) is 0 Å². The number of rotatable bonds is 9. The maximum absolute atomic E-state index is 13.7. The number of nitrogens with zero attached hydrogens (tertiary/aromatic N) is 4. The Morgan fingerprint density at radius 2 is 1.69 bits per heavy atom.